The van der Waals surface area contributed by atoms with Crippen LogP contribution in [0.4, 0.5) is 13.2 Å². The number of H-pyrrole nitrogens is 1. The molecule has 0 fully saturated rings. The fourth-order valence-corrected chi connectivity index (χ4v) is 2.18. The van der Waals surface area contributed by atoms with Gasteiger partial charge in [0.2, 0.25) is 0 Å². The molecule has 0 atom stereocenters. The maximum Gasteiger partial charge on any atom is 0.406 e. The molecule has 3 aromatic heterocycles. The number of alkyl halides is 3. The minimum atomic E-state index is -4.47. The molecule has 0 unspecified atom stereocenters. The van der Waals surface area contributed by atoms with Gasteiger partial charge in [-0.2, -0.15) is 13.2 Å². The lowest BCUT2D eigenvalue weighted by atomic mass is 10.2. The van der Waals surface area contributed by atoms with Crippen LogP contribution in [0.1, 0.15) is 10.6 Å². The lowest BCUT2D eigenvalue weighted by Gasteiger charge is -2.17. The number of carbonyl (C=O) groups is 1. The maximum absolute atomic E-state index is 12.3. The third kappa shape index (κ3) is 3.03. The van der Waals surface area contributed by atoms with Crippen molar-refractivity contribution in [3.05, 3.63) is 36.5 Å². The summed E-state index contributed by atoms with van der Waals surface area (Å²) in [5, 5.41) is 0.685. The summed E-state index contributed by atoms with van der Waals surface area (Å²) in [4.78, 5) is 23.6. The first-order chi connectivity index (χ1) is 10.8. The minimum Gasteiger partial charge on any atom is -0.449 e. The van der Waals surface area contributed by atoms with E-state index in [9.17, 15) is 18.0 Å². The van der Waals surface area contributed by atoms with Crippen molar-refractivity contribution in [1.29, 1.82) is 0 Å². The Kier molecular flexibility index (Phi) is 3.55. The fourth-order valence-electron chi connectivity index (χ4n) is 2.18. The van der Waals surface area contributed by atoms with Crippen LogP contribution in [0.15, 0.2) is 35.1 Å². The standard InChI is InChI=1S/C14H11F3N4O2/c1-21(6-14(15,16)17)13(22)10-3-2-9(23-10)11-8-4-5-18-12(8)20-7-19-11/h2-5,7H,6H2,1H3,(H,18,19,20). The third-order valence-corrected chi connectivity index (χ3v) is 3.17. The number of hydrogen-bond donors (Lipinski definition) is 1. The second-order valence-corrected chi connectivity index (χ2v) is 4.90. The molecule has 0 aliphatic rings. The molecule has 1 amide bonds. The van der Waals surface area contributed by atoms with Crippen LogP contribution >= 0.6 is 0 Å². The zero-order valence-electron chi connectivity index (χ0n) is 11.9. The fraction of sp³-hybridized carbons (Fsp3) is 0.214. The lowest BCUT2D eigenvalue weighted by molar-refractivity contribution is -0.138. The molecule has 1 N–H and O–H groups in total. The Morgan fingerprint density at radius 3 is 2.83 bits per heavy atom. The molecule has 3 heterocycles. The predicted molar refractivity (Wildman–Crippen MR) is 74.6 cm³/mol. The Morgan fingerprint density at radius 1 is 1.30 bits per heavy atom. The molecule has 6 nitrogen and oxygen atoms in total. The van der Waals surface area contributed by atoms with Gasteiger partial charge in [0.15, 0.2) is 11.5 Å². The molecule has 0 radical (unpaired) electrons. The van der Waals surface area contributed by atoms with Gasteiger partial charge in [0.05, 0.1) is 0 Å². The van der Waals surface area contributed by atoms with Gasteiger partial charge in [0, 0.05) is 18.6 Å². The van der Waals surface area contributed by atoms with Crippen molar-refractivity contribution >= 4 is 16.9 Å². The van der Waals surface area contributed by atoms with Crippen LogP contribution in [0.3, 0.4) is 0 Å². The highest BCUT2D eigenvalue weighted by molar-refractivity contribution is 5.93. The number of amides is 1. The molecule has 0 saturated carbocycles. The molecule has 0 saturated heterocycles. The van der Waals surface area contributed by atoms with E-state index in [-0.39, 0.29) is 11.5 Å². The molecule has 3 aromatic rings. The number of furan rings is 1. The summed E-state index contributed by atoms with van der Waals surface area (Å²) >= 11 is 0. The summed E-state index contributed by atoms with van der Waals surface area (Å²) in [5.74, 6) is -0.761. The maximum atomic E-state index is 12.3. The Morgan fingerprint density at radius 2 is 2.09 bits per heavy atom. The van der Waals surface area contributed by atoms with E-state index in [1.165, 1.54) is 18.5 Å². The molecule has 0 bridgehead atoms. The van der Waals surface area contributed by atoms with Gasteiger partial charge in [-0.25, -0.2) is 9.97 Å². The van der Waals surface area contributed by atoms with Crippen LogP contribution in [-0.2, 0) is 0 Å². The quantitative estimate of drug-likeness (QED) is 0.804. The van der Waals surface area contributed by atoms with E-state index in [2.05, 4.69) is 15.0 Å². The third-order valence-electron chi connectivity index (χ3n) is 3.17. The van der Waals surface area contributed by atoms with E-state index in [0.717, 1.165) is 7.05 Å². The van der Waals surface area contributed by atoms with Gasteiger partial charge in [-0.3, -0.25) is 4.79 Å². The highest BCUT2D eigenvalue weighted by Gasteiger charge is 2.32. The smallest absolute Gasteiger partial charge is 0.406 e. The van der Waals surface area contributed by atoms with Crippen LogP contribution in [0.5, 0.6) is 0 Å². The topological polar surface area (TPSA) is 75.0 Å². The lowest BCUT2D eigenvalue weighted by Crippen LogP contribution is -2.35. The molecular formula is C14H11F3N4O2. The van der Waals surface area contributed by atoms with Crippen LogP contribution in [0.2, 0.25) is 0 Å². The number of aromatic nitrogens is 3. The van der Waals surface area contributed by atoms with E-state index in [1.54, 1.807) is 12.3 Å². The van der Waals surface area contributed by atoms with E-state index in [1.807, 2.05) is 0 Å². The summed E-state index contributed by atoms with van der Waals surface area (Å²) in [5.41, 5.74) is 1.04. The Bertz CT molecular complexity index is 853. The first-order valence-electron chi connectivity index (χ1n) is 6.55. The van der Waals surface area contributed by atoms with Gasteiger partial charge in [-0.15, -0.1) is 0 Å². The predicted octanol–water partition coefficient (Wildman–Crippen LogP) is 2.85. The Balaban J connectivity index is 1.89. The highest BCUT2D eigenvalue weighted by atomic mass is 19.4. The molecular weight excluding hydrogens is 313 g/mol. The van der Waals surface area contributed by atoms with Crippen molar-refractivity contribution < 1.29 is 22.4 Å². The van der Waals surface area contributed by atoms with Gasteiger partial charge in [-0.1, -0.05) is 0 Å². The monoisotopic (exact) mass is 324 g/mol. The second kappa shape index (κ2) is 5.41. The van der Waals surface area contributed by atoms with Crippen molar-refractivity contribution in [2.24, 2.45) is 0 Å². The minimum absolute atomic E-state index is 0.186. The molecule has 9 heteroatoms. The first-order valence-corrected chi connectivity index (χ1v) is 6.55. The number of hydrogen-bond acceptors (Lipinski definition) is 4. The SMILES string of the molecule is CN(CC(F)(F)F)C(=O)c1ccc(-c2ncnc3[nH]ccc23)o1. The van der Waals surface area contributed by atoms with E-state index in [4.69, 9.17) is 4.42 Å². The summed E-state index contributed by atoms with van der Waals surface area (Å²) < 4.78 is 42.4. The van der Waals surface area contributed by atoms with Gasteiger partial charge in [0.1, 0.15) is 24.2 Å². The molecule has 3 rings (SSSR count). The highest BCUT2D eigenvalue weighted by Crippen LogP contribution is 2.27. The van der Waals surface area contributed by atoms with Crippen molar-refractivity contribution in [2.75, 3.05) is 13.6 Å². The Hall–Kier alpha value is -2.84. The average Bonchev–Trinajstić information content (AvgIpc) is 3.13. The number of fused-ring (bicyclic) bond motifs is 1. The largest absolute Gasteiger partial charge is 0.449 e. The molecule has 0 aliphatic carbocycles. The van der Waals surface area contributed by atoms with Gasteiger partial charge in [0.25, 0.3) is 5.91 Å². The van der Waals surface area contributed by atoms with Crippen molar-refractivity contribution in [1.82, 2.24) is 19.9 Å². The number of nitrogens with one attached hydrogen (secondary N) is 1. The normalized spacial score (nSPS) is 11.8. The number of carbonyl (C=O) groups excluding carboxylic acids is 1. The van der Waals surface area contributed by atoms with Crippen LogP contribution in [0.25, 0.3) is 22.5 Å². The summed E-state index contributed by atoms with van der Waals surface area (Å²) in [6.07, 6.45) is -1.47. The summed E-state index contributed by atoms with van der Waals surface area (Å²) in [7, 11) is 1.06. The summed E-state index contributed by atoms with van der Waals surface area (Å²) in [6.45, 7) is -1.35. The van der Waals surface area contributed by atoms with Crippen LogP contribution in [0, 0.1) is 0 Å². The number of nitrogens with zero attached hydrogens (tertiary/aromatic N) is 3. The zero-order valence-corrected chi connectivity index (χ0v) is 11.9. The number of halogens is 3. The van der Waals surface area contributed by atoms with E-state index in [0.29, 0.717) is 21.6 Å². The van der Waals surface area contributed by atoms with Crippen LogP contribution < -0.4 is 0 Å². The van der Waals surface area contributed by atoms with Gasteiger partial charge in [-0.05, 0) is 18.2 Å². The van der Waals surface area contributed by atoms with Gasteiger partial charge < -0.3 is 14.3 Å². The van der Waals surface area contributed by atoms with Crippen molar-refractivity contribution in [3.8, 4) is 11.5 Å². The molecule has 23 heavy (non-hydrogen) atoms. The molecule has 0 spiro atoms. The van der Waals surface area contributed by atoms with Crippen LogP contribution in [-0.4, -0.2) is 45.5 Å². The Labute approximate surface area is 127 Å². The summed E-state index contributed by atoms with van der Waals surface area (Å²) in [6, 6.07) is 4.55. The van der Waals surface area contributed by atoms with E-state index < -0.39 is 18.6 Å². The number of rotatable bonds is 3. The average molecular weight is 324 g/mol. The zero-order chi connectivity index (χ0) is 16.6. The van der Waals surface area contributed by atoms with E-state index >= 15 is 0 Å². The first kappa shape index (κ1) is 15.1. The van der Waals surface area contributed by atoms with Gasteiger partial charge >= 0.3 is 6.18 Å². The second-order valence-electron chi connectivity index (χ2n) is 4.90. The number of aromatic amines is 1. The molecule has 0 aliphatic heterocycles. The molecule has 0 aromatic carbocycles. The molecule has 120 valence electrons. The van der Waals surface area contributed by atoms with Crippen molar-refractivity contribution in [3.63, 3.8) is 0 Å². The van der Waals surface area contributed by atoms with Crippen molar-refractivity contribution in [2.45, 2.75) is 6.18 Å².